The van der Waals surface area contributed by atoms with Crippen LogP contribution in [0.2, 0.25) is 5.02 Å². The highest BCUT2D eigenvalue weighted by Crippen LogP contribution is 2.15. The first-order chi connectivity index (χ1) is 13.5. The van der Waals surface area contributed by atoms with E-state index in [1.165, 1.54) is 0 Å². The van der Waals surface area contributed by atoms with Crippen molar-refractivity contribution in [3.05, 3.63) is 82.1 Å². The smallest absolute Gasteiger partial charge is 0.270 e. The molecule has 2 N–H and O–H groups in total. The maximum absolute atomic E-state index is 12.5. The Kier molecular flexibility index (Phi) is 6.20. The summed E-state index contributed by atoms with van der Waals surface area (Å²) in [5.74, 6) is 0.0557. The van der Waals surface area contributed by atoms with Gasteiger partial charge in [0.05, 0.1) is 11.6 Å². The van der Waals surface area contributed by atoms with Crippen LogP contribution in [-0.4, -0.2) is 22.4 Å². The van der Waals surface area contributed by atoms with Gasteiger partial charge in [0.2, 0.25) is 5.95 Å². The number of amides is 1. The fourth-order valence-electron chi connectivity index (χ4n) is 2.60. The van der Waals surface area contributed by atoms with Crippen molar-refractivity contribution in [3.63, 3.8) is 0 Å². The number of carbonyl (C=O) groups is 1. The highest BCUT2D eigenvalue weighted by atomic mass is 35.5. The number of nitriles is 1. The van der Waals surface area contributed by atoms with E-state index in [0.29, 0.717) is 35.2 Å². The molecule has 0 unspecified atom stereocenters. The molecule has 140 valence electrons. The van der Waals surface area contributed by atoms with Crippen molar-refractivity contribution in [2.75, 3.05) is 11.9 Å². The summed E-state index contributed by atoms with van der Waals surface area (Å²) in [6.07, 6.45) is 0.673. The van der Waals surface area contributed by atoms with E-state index in [1.807, 2.05) is 24.3 Å². The molecule has 1 amide bonds. The molecule has 7 heteroatoms. The van der Waals surface area contributed by atoms with Crippen LogP contribution < -0.4 is 10.6 Å². The summed E-state index contributed by atoms with van der Waals surface area (Å²) in [6, 6.07) is 18.2. The van der Waals surface area contributed by atoms with Gasteiger partial charge >= 0.3 is 0 Å². The first-order valence-corrected chi connectivity index (χ1v) is 9.07. The predicted molar refractivity (Wildman–Crippen MR) is 109 cm³/mol. The number of carbonyl (C=O) groups excluding carboxylic acids is 1. The van der Waals surface area contributed by atoms with E-state index >= 15 is 0 Å². The van der Waals surface area contributed by atoms with Gasteiger partial charge in [-0.15, -0.1) is 0 Å². The average molecular weight is 392 g/mol. The second kappa shape index (κ2) is 8.98. The number of hydrogen-bond donors (Lipinski definition) is 2. The molecule has 3 rings (SSSR count). The summed E-state index contributed by atoms with van der Waals surface area (Å²) in [5, 5.41) is 15.5. The van der Waals surface area contributed by atoms with E-state index in [0.717, 1.165) is 11.3 Å². The maximum atomic E-state index is 12.5. The van der Waals surface area contributed by atoms with E-state index in [9.17, 15) is 4.79 Å². The zero-order chi connectivity index (χ0) is 19.9. The van der Waals surface area contributed by atoms with E-state index < -0.39 is 0 Å². The third kappa shape index (κ3) is 5.29. The molecular formula is C21H18ClN5O. The maximum Gasteiger partial charge on any atom is 0.270 e. The lowest BCUT2D eigenvalue weighted by molar-refractivity contribution is 0.0949. The minimum atomic E-state index is -0.268. The molecule has 0 aliphatic rings. The summed E-state index contributed by atoms with van der Waals surface area (Å²) in [6.45, 7) is 2.27. The molecule has 0 spiro atoms. The molecule has 0 saturated carbocycles. The van der Waals surface area contributed by atoms with Gasteiger partial charge in [-0.05, 0) is 61.4 Å². The van der Waals surface area contributed by atoms with Gasteiger partial charge in [0.1, 0.15) is 5.69 Å². The molecule has 1 aromatic heterocycles. The van der Waals surface area contributed by atoms with Gasteiger partial charge in [0.15, 0.2) is 0 Å². The molecule has 1 heterocycles. The van der Waals surface area contributed by atoms with Crippen LogP contribution in [0.4, 0.5) is 11.6 Å². The van der Waals surface area contributed by atoms with E-state index in [-0.39, 0.29) is 11.6 Å². The Hall–Kier alpha value is -3.43. The normalized spacial score (nSPS) is 10.2. The molecule has 6 nitrogen and oxygen atoms in total. The van der Waals surface area contributed by atoms with Crippen LogP contribution in [0.1, 0.15) is 27.3 Å². The number of aromatic nitrogens is 2. The summed E-state index contributed by atoms with van der Waals surface area (Å²) in [7, 11) is 0. The number of hydrogen-bond acceptors (Lipinski definition) is 5. The van der Waals surface area contributed by atoms with Crippen LogP contribution in [0, 0.1) is 18.3 Å². The third-order valence-electron chi connectivity index (χ3n) is 3.95. The summed E-state index contributed by atoms with van der Waals surface area (Å²) >= 11 is 5.97. The van der Waals surface area contributed by atoms with Gasteiger partial charge in [0, 0.05) is 22.9 Å². The van der Waals surface area contributed by atoms with E-state index in [4.69, 9.17) is 16.9 Å². The minimum absolute atomic E-state index is 0.268. The van der Waals surface area contributed by atoms with Gasteiger partial charge in [-0.2, -0.15) is 5.26 Å². The van der Waals surface area contributed by atoms with Crippen LogP contribution in [-0.2, 0) is 6.42 Å². The van der Waals surface area contributed by atoms with E-state index in [2.05, 4.69) is 26.7 Å². The highest BCUT2D eigenvalue weighted by Gasteiger charge is 2.11. The van der Waals surface area contributed by atoms with Gasteiger partial charge in [-0.25, -0.2) is 9.97 Å². The number of halogens is 1. The largest absolute Gasteiger partial charge is 0.350 e. The minimum Gasteiger partial charge on any atom is -0.350 e. The zero-order valence-electron chi connectivity index (χ0n) is 15.2. The van der Waals surface area contributed by atoms with Crippen molar-refractivity contribution in [1.82, 2.24) is 15.3 Å². The Balaban J connectivity index is 1.64. The first-order valence-electron chi connectivity index (χ1n) is 8.69. The molecule has 0 atom stereocenters. The van der Waals surface area contributed by atoms with Crippen LogP contribution in [0.5, 0.6) is 0 Å². The number of nitrogens with one attached hydrogen (secondary N) is 2. The monoisotopic (exact) mass is 391 g/mol. The summed E-state index contributed by atoms with van der Waals surface area (Å²) < 4.78 is 0. The fourth-order valence-corrected chi connectivity index (χ4v) is 2.81. The molecule has 3 aromatic rings. The second-order valence-corrected chi connectivity index (χ2v) is 6.60. The number of anilines is 2. The molecule has 0 fully saturated rings. The molecular weight excluding hydrogens is 374 g/mol. The zero-order valence-corrected chi connectivity index (χ0v) is 16.0. The van der Waals surface area contributed by atoms with Crippen LogP contribution >= 0.6 is 11.6 Å². The number of nitrogens with zero attached hydrogens (tertiary/aromatic N) is 3. The molecule has 2 aromatic carbocycles. The average Bonchev–Trinajstić information content (AvgIpc) is 2.68. The first kappa shape index (κ1) is 19.3. The van der Waals surface area contributed by atoms with Crippen molar-refractivity contribution >= 4 is 29.1 Å². The van der Waals surface area contributed by atoms with Crippen LogP contribution in [0.25, 0.3) is 0 Å². The van der Waals surface area contributed by atoms with Crippen LogP contribution in [0.15, 0.2) is 54.6 Å². The van der Waals surface area contributed by atoms with Gasteiger partial charge in [-0.3, -0.25) is 4.79 Å². The summed E-state index contributed by atoms with van der Waals surface area (Å²) in [4.78, 5) is 21.1. The predicted octanol–water partition coefficient (Wildman–Crippen LogP) is 4.03. The van der Waals surface area contributed by atoms with Gasteiger partial charge in [-0.1, -0.05) is 23.7 Å². The lowest BCUT2D eigenvalue weighted by Crippen LogP contribution is -2.27. The lowest BCUT2D eigenvalue weighted by Gasteiger charge is -2.09. The molecule has 0 radical (unpaired) electrons. The van der Waals surface area contributed by atoms with Gasteiger partial charge < -0.3 is 10.6 Å². The third-order valence-corrected chi connectivity index (χ3v) is 4.18. The summed E-state index contributed by atoms with van der Waals surface area (Å²) in [5.41, 5.74) is 3.31. The molecule has 0 bridgehead atoms. The number of benzene rings is 2. The Morgan fingerprint density at radius 3 is 2.64 bits per heavy atom. The second-order valence-electron chi connectivity index (χ2n) is 6.17. The standard InChI is InChI=1S/C21H18ClN5O/c1-14-11-19(20(28)24-10-9-15-3-2-4-17(22)12-15)27-21(25-14)26-18-7-5-16(13-23)6-8-18/h2-8,11-12H,9-10H2,1H3,(H,24,28)(H,25,26,27). The Morgan fingerprint density at radius 1 is 1.14 bits per heavy atom. The quantitative estimate of drug-likeness (QED) is 0.662. The highest BCUT2D eigenvalue weighted by molar-refractivity contribution is 6.30. The molecule has 0 aliphatic heterocycles. The number of rotatable bonds is 6. The molecule has 0 aliphatic carbocycles. The Morgan fingerprint density at radius 2 is 1.93 bits per heavy atom. The van der Waals surface area contributed by atoms with Crippen molar-refractivity contribution in [2.45, 2.75) is 13.3 Å². The van der Waals surface area contributed by atoms with Crippen molar-refractivity contribution in [3.8, 4) is 6.07 Å². The fraction of sp³-hybridized carbons (Fsp3) is 0.143. The van der Waals surface area contributed by atoms with Crippen molar-refractivity contribution in [1.29, 1.82) is 5.26 Å². The number of aryl methyl sites for hydroxylation is 1. The Bertz CT molecular complexity index is 1030. The van der Waals surface area contributed by atoms with Crippen molar-refractivity contribution in [2.24, 2.45) is 0 Å². The topological polar surface area (TPSA) is 90.7 Å². The van der Waals surface area contributed by atoms with E-state index in [1.54, 1.807) is 37.3 Å². The Labute approximate surface area is 168 Å². The van der Waals surface area contributed by atoms with Crippen molar-refractivity contribution < 1.29 is 4.79 Å². The van der Waals surface area contributed by atoms with Crippen LogP contribution in [0.3, 0.4) is 0 Å². The molecule has 0 saturated heterocycles. The molecule has 28 heavy (non-hydrogen) atoms. The SMILES string of the molecule is Cc1cc(C(=O)NCCc2cccc(Cl)c2)nc(Nc2ccc(C#N)cc2)n1. The lowest BCUT2D eigenvalue weighted by atomic mass is 10.1. The van der Waals surface area contributed by atoms with Gasteiger partial charge in [0.25, 0.3) is 5.91 Å².